The van der Waals surface area contributed by atoms with Crippen LogP contribution in [0.1, 0.15) is 25.3 Å². The van der Waals surface area contributed by atoms with Gasteiger partial charge in [0.2, 0.25) is 0 Å². The molecule has 26 heavy (non-hydrogen) atoms. The fourth-order valence-corrected chi connectivity index (χ4v) is 3.73. The van der Waals surface area contributed by atoms with Crippen LogP contribution < -0.4 is 5.32 Å². The number of benzene rings is 1. The number of likely N-dealkylation sites (tertiary alicyclic amines) is 1. The van der Waals surface area contributed by atoms with Gasteiger partial charge in [0.15, 0.2) is 6.61 Å². The second-order valence-corrected chi connectivity index (χ2v) is 8.44. The largest absolute Gasteiger partial charge is 0.455 e. The molecule has 1 aliphatic heterocycles. The minimum Gasteiger partial charge on any atom is -0.455 e. The monoisotopic (exact) mass is 414 g/mol. The fourth-order valence-electron chi connectivity index (χ4n) is 2.51. The van der Waals surface area contributed by atoms with Crippen molar-refractivity contribution in [2.24, 2.45) is 5.92 Å². The van der Waals surface area contributed by atoms with E-state index in [9.17, 15) is 9.59 Å². The number of aryl methyl sites for hydroxylation is 1. The van der Waals surface area contributed by atoms with Gasteiger partial charge in [0.05, 0.1) is 5.75 Å². The van der Waals surface area contributed by atoms with E-state index < -0.39 is 11.9 Å². The van der Waals surface area contributed by atoms with Crippen molar-refractivity contribution >= 4 is 57.5 Å². The molecule has 142 valence electrons. The number of rotatable bonds is 5. The molecule has 1 N–H and O–H groups in total. The molecule has 1 aliphatic rings. The molecule has 8 heteroatoms. The number of amides is 1. The molecular formula is C18H23ClN2O3S2. The molecule has 1 saturated heterocycles. The number of esters is 1. The van der Waals surface area contributed by atoms with Gasteiger partial charge in [-0.15, -0.1) is 0 Å². The molecule has 0 unspecified atom stereocenters. The Labute approximate surface area is 168 Å². The van der Waals surface area contributed by atoms with Gasteiger partial charge in [0.25, 0.3) is 5.91 Å². The first-order valence-electron chi connectivity index (χ1n) is 8.48. The summed E-state index contributed by atoms with van der Waals surface area (Å²) in [6.07, 6.45) is 2.24. The quantitative estimate of drug-likeness (QED) is 0.582. The van der Waals surface area contributed by atoms with E-state index in [0.29, 0.717) is 15.0 Å². The highest BCUT2D eigenvalue weighted by molar-refractivity contribution is 8.23. The summed E-state index contributed by atoms with van der Waals surface area (Å²) in [5.41, 5.74) is 1.49. The number of thioether (sulfide) groups is 1. The number of ether oxygens (including phenoxy) is 1. The van der Waals surface area contributed by atoms with E-state index in [1.165, 1.54) is 11.8 Å². The summed E-state index contributed by atoms with van der Waals surface area (Å²) in [6.45, 7) is 5.63. The van der Waals surface area contributed by atoms with Crippen LogP contribution in [0.15, 0.2) is 18.2 Å². The van der Waals surface area contributed by atoms with E-state index in [2.05, 4.69) is 17.1 Å². The van der Waals surface area contributed by atoms with Crippen LogP contribution in [-0.2, 0) is 14.3 Å². The molecule has 1 heterocycles. The van der Waals surface area contributed by atoms with Crippen molar-refractivity contribution in [1.29, 1.82) is 0 Å². The Balaban J connectivity index is 1.68. The summed E-state index contributed by atoms with van der Waals surface area (Å²) in [7, 11) is 0. The third kappa shape index (κ3) is 6.78. The molecule has 1 aromatic rings. The molecule has 0 saturated carbocycles. The molecule has 0 atom stereocenters. The Morgan fingerprint density at radius 2 is 2.08 bits per heavy atom. The van der Waals surface area contributed by atoms with Gasteiger partial charge in [-0.1, -0.05) is 48.6 Å². The van der Waals surface area contributed by atoms with Crippen LogP contribution in [0.2, 0.25) is 5.02 Å². The van der Waals surface area contributed by atoms with Crippen molar-refractivity contribution in [3.63, 3.8) is 0 Å². The maximum Gasteiger partial charge on any atom is 0.316 e. The first-order valence-corrected chi connectivity index (χ1v) is 10.3. The van der Waals surface area contributed by atoms with E-state index in [-0.39, 0.29) is 12.4 Å². The number of nitrogens with zero attached hydrogens (tertiary/aromatic N) is 1. The lowest BCUT2D eigenvalue weighted by molar-refractivity contribution is -0.144. The van der Waals surface area contributed by atoms with Crippen molar-refractivity contribution in [1.82, 2.24) is 4.90 Å². The molecule has 0 aliphatic carbocycles. The van der Waals surface area contributed by atoms with Crippen molar-refractivity contribution < 1.29 is 14.3 Å². The van der Waals surface area contributed by atoms with Crippen molar-refractivity contribution in [2.45, 2.75) is 26.7 Å². The van der Waals surface area contributed by atoms with Gasteiger partial charge in [-0.3, -0.25) is 9.59 Å². The van der Waals surface area contributed by atoms with E-state index in [1.54, 1.807) is 12.1 Å². The topological polar surface area (TPSA) is 58.6 Å². The number of hydrogen-bond acceptors (Lipinski definition) is 5. The summed E-state index contributed by atoms with van der Waals surface area (Å²) >= 11 is 12.6. The zero-order valence-electron chi connectivity index (χ0n) is 14.9. The van der Waals surface area contributed by atoms with E-state index >= 15 is 0 Å². The van der Waals surface area contributed by atoms with E-state index in [4.69, 9.17) is 28.6 Å². The number of carbonyl (C=O) groups excluding carboxylic acids is 2. The summed E-state index contributed by atoms with van der Waals surface area (Å²) in [6, 6.07) is 5.21. The molecule has 5 nitrogen and oxygen atoms in total. The zero-order valence-corrected chi connectivity index (χ0v) is 17.3. The van der Waals surface area contributed by atoms with Gasteiger partial charge in [0.1, 0.15) is 4.32 Å². The number of hydrogen-bond donors (Lipinski definition) is 1. The highest BCUT2D eigenvalue weighted by atomic mass is 35.5. The molecule has 2 rings (SSSR count). The Morgan fingerprint density at radius 3 is 2.77 bits per heavy atom. The highest BCUT2D eigenvalue weighted by Crippen LogP contribution is 2.21. The van der Waals surface area contributed by atoms with Crippen LogP contribution >= 0.6 is 35.6 Å². The van der Waals surface area contributed by atoms with Crippen molar-refractivity contribution in [3.05, 3.63) is 28.8 Å². The third-order valence-electron chi connectivity index (χ3n) is 4.19. The normalized spacial score (nSPS) is 14.8. The van der Waals surface area contributed by atoms with Gasteiger partial charge >= 0.3 is 5.97 Å². The maximum absolute atomic E-state index is 11.9. The molecular weight excluding hydrogens is 392 g/mol. The Hall–Kier alpha value is -1.31. The minimum absolute atomic E-state index is 0.106. The molecule has 0 aromatic heterocycles. The number of thiocarbonyl (C=S) groups is 1. The van der Waals surface area contributed by atoms with E-state index in [1.807, 2.05) is 13.0 Å². The number of anilines is 1. The lowest BCUT2D eigenvalue weighted by atomic mass is 10.00. The van der Waals surface area contributed by atoms with Crippen LogP contribution in [0.4, 0.5) is 5.69 Å². The Bertz CT molecular complexity index is 676. The second kappa shape index (κ2) is 10.1. The smallest absolute Gasteiger partial charge is 0.316 e. The van der Waals surface area contributed by atoms with Gasteiger partial charge < -0.3 is 15.0 Å². The SMILES string of the molecule is Cc1ccc(Cl)cc1NC(=O)COC(=O)CSC(=S)N1CCC(C)CC1. The summed E-state index contributed by atoms with van der Waals surface area (Å²) < 4.78 is 5.73. The average molecular weight is 415 g/mol. The predicted molar refractivity (Wildman–Crippen MR) is 111 cm³/mol. The molecule has 1 fully saturated rings. The van der Waals surface area contributed by atoms with Crippen LogP contribution in [0.3, 0.4) is 0 Å². The third-order valence-corrected chi connectivity index (χ3v) is 5.93. The fraction of sp³-hybridized carbons (Fsp3) is 0.500. The van der Waals surface area contributed by atoms with Crippen LogP contribution in [0.5, 0.6) is 0 Å². The molecule has 0 radical (unpaired) electrons. The molecule has 0 spiro atoms. The number of nitrogens with one attached hydrogen (secondary N) is 1. The number of halogens is 1. The van der Waals surface area contributed by atoms with Crippen LogP contribution in [-0.4, -0.2) is 46.5 Å². The Morgan fingerprint density at radius 1 is 1.38 bits per heavy atom. The summed E-state index contributed by atoms with van der Waals surface area (Å²) in [5.74, 6) is -0.0263. The lowest BCUT2D eigenvalue weighted by Gasteiger charge is -2.31. The van der Waals surface area contributed by atoms with Gasteiger partial charge in [-0.2, -0.15) is 0 Å². The maximum atomic E-state index is 11.9. The molecule has 1 aromatic carbocycles. The standard InChI is InChI=1S/C18H23ClN2O3S2/c1-12-5-7-21(8-6-12)18(25)26-11-17(23)24-10-16(22)20-15-9-14(19)4-3-13(15)2/h3-4,9,12H,5-8,10-11H2,1-2H3,(H,20,22). The molecule has 0 bridgehead atoms. The summed E-state index contributed by atoms with van der Waals surface area (Å²) in [5, 5.41) is 3.21. The van der Waals surface area contributed by atoms with Crippen LogP contribution in [0, 0.1) is 12.8 Å². The van der Waals surface area contributed by atoms with Crippen molar-refractivity contribution in [2.75, 3.05) is 30.8 Å². The first-order chi connectivity index (χ1) is 12.3. The minimum atomic E-state index is -0.458. The van der Waals surface area contributed by atoms with Gasteiger partial charge in [-0.25, -0.2) is 0 Å². The highest BCUT2D eigenvalue weighted by Gasteiger charge is 2.19. The first kappa shape index (κ1) is 21.0. The van der Waals surface area contributed by atoms with Crippen molar-refractivity contribution in [3.8, 4) is 0 Å². The van der Waals surface area contributed by atoms with E-state index in [0.717, 1.165) is 37.4 Å². The average Bonchev–Trinajstić information content (AvgIpc) is 2.61. The van der Waals surface area contributed by atoms with Gasteiger partial charge in [0, 0.05) is 23.8 Å². The van der Waals surface area contributed by atoms with Gasteiger partial charge in [-0.05, 0) is 43.4 Å². The second-order valence-electron chi connectivity index (χ2n) is 6.39. The summed E-state index contributed by atoms with van der Waals surface area (Å²) in [4.78, 5) is 25.9. The predicted octanol–water partition coefficient (Wildman–Crippen LogP) is 3.88. The Kier molecular flexibility index (Phi) is 8.18. The number of carbonyl (C=O) groups is 2. The molecule has 1 amide bonds. The van der Waals surface area contributed by atoms with Crippen LogP contribution in [0.25, 0.3) is 0 Å². The number of piperidine rings is 1. The lowest BCUT2D eigenvalue weighted by Crippen LogP contribution is -2.36. The zero-order chi connectivity index (χ0) is 19.1.